The number of carbonyl (C=O) groups excluding carboxylic acids is 1. The average molecular weight is 285 g/mol. The standard InChI is InChI=1S/C12H19N3O3S/c1-8(13)10-4-6-11(7-5-10)19(17,18)15-9(2)12(16)14-3/h4-9,15H,13H2,1-3H3,(H,14,16). The monoisotopic (exact) mass is 285 g/mol. The number of hydrogen-bond acceptors (Lipinski definition) is 4. The van der Waals surface area contributed by atoms with Crippen molar-refractivity contribution in [3.63, 3.8) is 0 Å². The van der Waals surface area contributed by atoms with Gasteiger partial charge in [0, 0.05) is 13.1 Å². The van der Waals surface area contributed by atoms with Crippen molar-refractivity contribution in [1.29, 1.82) is 0 Å². The zero-order valence-corrected chi connectivity index (χ0v) is 12.0. The molecule has 2 atom stereocenters. The van der Waals surface area contributed by atoms with E-state index in [4.69, 9.17) is 5.73 Å². The van der Waals surface area contributed by atoms with E-state index in [1.54, 1.807) is 12.1 Å². The van der Waals surface area contributed by atoms with E-state index in [1.165, 1.54) is 26.1 Å². The van der Waals surface area contributed by atoms with Gasteiger partial charge in [-0.1, -0.05) is 12.1 Å². The molecule has 4 N–H and O–H groups in total. The number of nitrogens with two attached hydrogens (primary N) is 1. The summed E-state index contributed by atoms with van der Waals surface area (Å²) < 4.78 is 26.3. The van der Waals surface area contributed by atoms with Crippen LogP contribution in [-0.4, -0.2) is 27.4 Å². The van der Waals surface area contributed by atoms with Gasteiger partial charge in [0.05, 0.1) is 10.9 Å². The second kappa shape index (κ2) is 6.14. The number of rotatable bonds is 5. The quantitative estimate of drug-likeness (QED) is 0.715. The predicted molar refractivity (Wildman–Crippen MR) is 72.9 cm³/mol. The summed E-state index contributed by atoms with van der Waals surface area (Å²) >= 11 is 0. The molecule has 1 aromatic rings. The molecule has 2 unspecified atom stereocenters. The van der Waals surface area contributed by atoms with Crippen molar-refractivity contribution in [1.82, 2.24) is 10.0 Å². The van der Waals surface area contributed by atoms with Gasteiger partial charge in [0.2, 0.25) is 15.9 Å². The summed E-state index contributed by atoms with van der Waals surface area (Å²) in [6.07, 6.45) is 0. The highest BCUT2D eigenvalue weighted by Crippen LogP contribution is 2.14. The molecule has 6 nitrogen and oxygen atoms in total. The van der Waals surface area contributed by atoms with E-state index in [9.17, 15) is 13.2 Å². The van der Waals surface area contributed by atoms with Crippen molar-refractivity contribution in [3.8, 4) is 0 Å². The van der Waals surface area contributed by atoms with Crippen LogP contribution >= 0.6 is 0 Å². The van der Waals surface area contributed by atoms with Crippen molar-refractivity contribution in [2.24, 2.45) is 5.73 Å². The van der Waals surface area contributed by atoms with Gasteiger partial charge in [-0.15, -0.1) is 0 Å². The number of sulfonamides is 1. The van der Waals surface area contributed by atoms with Crippen LogP contribution in [0.4, 0.5) is 0 Å². The van der Waals surface area contributed by atoms with Crippen molar-refractivity contribution >= 4 is 15.9 Å². The molecule has 106 valence electrons. The summed E-state index contributed by atoms with van der Waals surface area (Å²) in [4.78, 5) is 11.4. The van der Waals surface area contributed by atoms with Crippen LogP contribution in [0.15, 0.2) is 29.2 Å². The van der Waals surface area contributed by atoms with E-state index in [0.717, 1.165) is 5.56 Å². The van der Waals surface area contributed by atoms with Gasteiger partial charge in [-0.25, -0.2) is 8.42 Å². The van der Waals surface area contributed by atoms with Crippen molar-refractivity contribution in [2.75, 3.05) is 7.05 Å². The van der Waals surface area contributed by atoms with Crippen molar-refractivity contribution in [2.45, 2.75) is 30.8 Å². The largest absolute Gasteiger partial charge is 0.358 e. The summed E-state index contributed by atoms with van der Waals surface area (Å²) in [6.45, 7) is 3.29. The van der Waals surface area contributed by atoms with Gasteiger partial charge >= 0.3 is 0 Å². The zero-order chi connectivity index (χ0) is 14.6. The minimum Gasteiger partial charge on any atom is -0.358 e. The molecule has 0 aromatic heterocycles. The van der Waals surface area contributed by atoms with Crippen LogP contribution < -0.4 is 15.8 Å². The Morgan fingerprint density at radius 2 is 1.74 bits per heavy atom. The lowest BCUT2D eigenvalue weighted by Crippen LogP contribution is -2.43. The van der Waals surface area contributed by atoms with Crippen LogP contribution in [0.3, 0.4) is 0 Å². The number of hydrogen-bond donors (Lipinski definition) is 3. The van der Waals surface area contributed by atoms with Crippen LogP contribution in [0.1, 0.15) is 25.5 Å². The smallest absolute Gasteiger partial charge is 0.241 e. The average Bonchev–Trinajstić information content (AvgIpc) is 2.37. The van der Waals surface area contributed by atoms with E-state index in [0.29, 0.717) is 0 Å². The predicted octanol–water partition coefficient (Wildman–Crippen LogP) is 0.119. The van der Waals surface area contributed by atoms with Crippen molar-refractivity contribution in [3.05, 3.63) is 29.8 Å². The Morgan fingerprint density at radius 1 is 1.21 bits per heavy atom. The Hall–Kier alpha value is -1.44. The Balaban J connectivity index is 2.91. The molecular weight excluding hydrogens is 266 g/mol. The molecule has 0 spiro atoms. The summed E-state index contributed by atoms with van der Waals surface area (Å²) in [5, 5.41) is 2.38. The normalized spacial score (nSPS) is 14.7. The van der Waals surface area contributed by atoms with Gasteiger partial charge < -0.3 is 11.1 Å². The lowest BCUT2D eigenvalue weighted by Gasteiger charge is -2.13. The molecule has 0 fully saturated rings. The first kappa shape index (κ1) is 15.6. The number of nitrogens with one attached hydrogen (secondary N) is 2. The molecule has 0 heterocycles. The van der Waals surface area contributed by atoms with E-state index in [-0.39, 0.29) is 10.9 Å². The lowest BCUT2D eigenvalue weighted by atomic mass is 10.1. The lowest BCUT2D eigenvalue weighted by molar-refractivity contribution is -0.121. The molecule has 1 aromatic carbocycles. The molecule has 1 rings (SSSR count). The summed E-state index contributed by atoms with van der Waals surface area (Å²) in [5.41, 5.74) is 6.54. The first-order valence-electron chi connectivity index (χ1n) is 5.87. The molecule has 7 heteroatoms. The fraction of sp³-hybridized carbons (Fsp3) is 0.417. The number of benzene rings is 1. The van der Waals surface area contributed by atoms with E-state index in [2.05, 4.69) is 10.0 Å². The highest BCUT2D eigenvalue weighted by atomic mass is 32.2. The third-order valence-electron chi connectivity index (χ3n) is 2.69. The Labute approximate surface area is 113 Å². The first-order chi connectivity index (χ1) is 8.77. The maximum atomic E-state index is 12.0. The summed E-state index contributed by atoms with van der Waals surface area (Å²) in [7, 11) is -2.26. The molecule has 0 aliphatic rings. The fourth-order valence-corrected chi connectivity index (χ4v) is 2.72. The molecule has 1 amide bonds. The molecule has 0 bridgehead atoms. The van der Waals surface area contributed by atoms with Gasteiger partial charge in [-0.05, 0) is 31.5 Å². The topological polar surface area (TPSA) is 101 Å². The molecule has 0 aliphatic carbocycles. The van der Waals surface area contributed by atoms with Gasteiger partial charge in [0.25, 0.3) is 0 Å². The van der Waals surface area contributed by atoms with Gasteiger partial charge in [-0.3, -0.25) is 4.79 Å². The summed E-state index contributed by atoms with van der Waals surface area (Å²) in [6, 6.07) is 5.26. The van der Waals surface area contributed by atoms with Crippen LogP contribution in [0.2, 0.25) is 0 Å². The highest BCUT2D eigenvalue weighted by molar-refractivity contribution is 7.89. The molecule has 0 saturated carbocycles. The molecule has 0 aliphatic heterocycles. The second-order valence-electron chi connectivity index (χ2n) is 4.31. The van der Waals surface area contributed by atoms with Gasteiger partial charge in [-0.2, -0.15) is 4.72 Å². The van der Waals surface area contributed by atoms with E-state index in [1.807, 2.05) is 6.92 Å². The van der Waals surface area contributed by atoms with E-state index < -0.39 is 22.0 Å². The third-order valence-corrected chi connectivity index (χ3v) is 4.24. The second-order valence-corrected chi connectivity index (χ2v) is 6.03. The fourth-order valence-electron chi connectivity index (χ4n) is 1.52. The Bertz CT molecular complexity index is 538. The minimum atomic E-state index is -3.71. The Morgan fingerprint density at radius 3 is 2.16 bits per heavy atom. The van der Waals surface area contributed by atoms with Crippen molar-refractivity contribution < 1.29 is 13.2 Å². The maximum absolute atomic E-state index is 12.0. The highest BCUT2D eigenvalue weighted by Gasteiger charge is 2.21. The number of likely N-dealkylation sites (N-methyl/N-ethyl adjacent to an activating group) is 1. The zero-order valence-electron chi connectivity index (χ0n) is 11.2. The number of amides is 1. The van der Waals surface area contributed by atoms with Crippen LogP contribution in [0.5, 0.6) is 0 Å². The SMILES string of the molecule is CNC(=O)C(C)NS(=O)(=O)c1ccc(C(C)N)cc1. The van der Waals surface area contributed by atoms with E-state index >= 15 is 0 Å². The van der Waals surface area contributed by atoms with Gasteiger partial charge in [0.15, 0.2) is 0 Å². The maximum Gasteiger partial charge on any atom is 0.241 e. The van der Waals surface area contributed by atoms with Crippen LogP contribution in [0.25, 0.3) is 0 Å². The first-order valence-corrected chi connectivity index (χ1v) is 7.35. The molecule has 0 radical (unpaired) electrons. The number of carbonyl (C=O) groups is 1. The Kier molecular flexibility index (Phi) is 5.04. The van der Waals surface area contributed by atoms with Gasteiger partial charge in [0.1, 0.15) is 0 Å². The summed E-state index contributed by atoms with van der Waals surface area (Å²) in [5.74, 6) is -0.393. The molecular formula is C12H19N3O3S. The van der Waals surface area contributed by atoms with Crippen LogP contribution in [0, 0.1) is 0 Å². The van der Waals surface area contributed by atoms with Crippen LogP contribution in [-0.2, 0) is 14.8 Å². The minimum absolute atomic E-state index is 0.104. The molecule has 0 saturated heterocycles. The third kappa shape index (κ3) is 4.02. The molecule has 19 heavy (non-hydrogen) atoms.